The minimum absolute atomic E-state index is 1.18. The molecule has 1 aliphatic rings. The van der Waals surface area contributed by atoms with E-state index in [1.807, 2.05) is 0 Å². The lowest BCUT2D eigenvalue weighted by molar-refractivity contribution is 0.167. The fraction of sp³-hybridized carbons (Fsp3) is 0.400. The minimum atomic E-state index is -1.18. The molecule has 0 aromatic carbocycles. The average Bonchev–Trinajstić information content (AvgIpc) is 1.77. The van der Waals surface area contributed by atoms with E-state index in [4.69, 9.17) is 0 Å². The van der Waals surface area contributed by atoms with Crippen LogP contribution in [0.3, 0.4) is 0 Å². The van der Waals surface area contributed by atoms with Crippen LogP contribution in [0.5, 0.6) is 0 Å². The molecule has 1 unspecified atom stereocenters. The van der Waals surface area contributed by atoms with Crippen LogP contribution in [0.1, 0.15) is 0 Å². The fourth-order valence-electron chi connectivity index (χ4n) is 0.471. The molecule has 8 heavy (non-hydrogen) atoms. The maximum absolute atomic E-state index is 12.3. The Morgan fingerprint density at radius 2 is 2.50 bits per heavy atom. The zero-order chi connectivity index (χ0) is 5.98. The average molecular weight is 114 g/mol. The Labute approximate surface area is 47.3 Å². The van der Waals surface area contributed by atoms with Crippen molar-refractivity contribution in [3.8, 4) is 0 Å². The van der Waals surface area contributed by atoms with E-state index in [1.54, 1.807) is 19.3 Å². The van der Waals surface area contributed by atoms with Gasteiger partial charge < -0.3 is 4.90 Å². The molecule has 0 radical (unpaired) electrons. The Morgan fingerprint density at radius 1 is 1.75 bits per heavy atom. The van der Waals surface area contributed by atoms with Crippen LogP contribution in [0.25, 0.3) is 0 Å². The second kappa shape index (κ2) is 1.94. The highest BCUT2D eigenvalue weighted by Crippen LogP contribution is 2.02. The molecule has 0 saturated carbocycles. The quantitative estimate of drug-likeness (QED) is 0.425. The third-order valence-electron chi connectivity index (χ3n) is 0.952. The highest BCUT2D eigenvalue weighted by atomic mass is 19.1. The lowest BCUT2D eigenvalue weighted by atomic mass is 10.5. The first kappa shape index (κ1) is 5.28. The number of aliphatic imine (C=N–C) groups is 1. The zero-order valence-corrected chi connectivity index (χ0v) is 4.58. The molecule has 0 bridgehead atoms. The molecule has 0 N–H and O–H groups in total. The number of nitrogens with zero attached hydrogens (tertiary/aromatic N) is 2. The van der Waals surface area contributed by atoms with Crippen molar-refractivity contribution >= 4 is 6.21 Å². The molecule has 1 rings (SSSR count). The normalized spacial score (nSPS) is 26.8. The summed E-state index contributed by atoms with van der Waals surface area (Å²) in [5.41, 5.74) is 0. The number of hydrogen-bond donors (Lipinski definition) is 0. The van der Waals surface area contributed by atoms with Gasteiger partial charge in [-0.1, -0.05) is 0 Å². The van der Waals surface area contributed by atoms with Gasteiger partial charge >= 0.3 is 0 Å². The summed E-state index contributed by atoms with van der Waals surface area (Å²) in [6.07, 6.45) is 3.60. The molecule has 0 fully saturated rings. The highest BCUT2D eigenvalue weighted by molar-refractivity contribution is 5.71. The van der Waals surface area contributed by atoms with Gasteiger partial charge in [-0.25, -0.2) is 4.99 Å². The number of allylic oxidation sites excluding steroid dienone is 1. The van der Waals surface area contributed by atoms with Crippen molar-refractivity contribution in [1.82, 2.24) is 4.90 Å². The highest BCUT2D eigenvalue weighted by Gasteiger charge is 2.06. The molecule has 1 heterocycles. The van der Waals surface area contributed by atoms with Gasteiger partial charge in [0.1, 0.15) is 0 Å². The Kier molecular flexibility index (Phi) is 1.28. The number of rotatable bonds is 0. The smallest absolute Gasteiger partial charge is 0.266 e. The summed E-state index contributed by atoms with van der Waals surface area (Å²) >= 11 is 0. The van der Waals surface area contributed by atoms with Crippen molar-refractivity contribution in [2.75, 3.05) is 7.05 Å². The van der Waals surface area contributed by atoms with Crippen LogP contribution in [0, 0.1) is 0 Å². The van der Waals surface area contributed by atoms with Crippen LogP contribution in [0.15, 0.2) is 17.3 Å². The van der Waals surface area contributed by atoms with Crippen molar-refractivity contribution in [3.63, 3.8) is 0 Å². The molecule has 0 aliphatic carbocycles. The van der Waals surface area contributed by atoms with Gasteiger partial charge in [0.05, 0.1) is 0 Å². The maximum Gasteiger partial charge on any atom is 0.266 e. The van der Waals surface area contributed by atoms with Crippen LogP contribution in [0.2, 0.25) is 0 Å². The third kappa shape index (κ3) is 0.857. The van der Waals surface area contributed by atoms with Gasteiger partial charge in [0, 0.05) is 19.5 Å². The van der Waals surface area contributed by atoms with Gasteiger partial charge in [0.25, 0.3) is 6.42 Å². The van der Waals surface area contributed by atoms with E-state index in [9.17, 15) is 4.39 Å². The van der Waals surface area contributed by atoms with Crippen molar-refractivity contribution in [2.24, 2.45) is 4.99 Å². The maximum atomic E-state index is 12.3. The molecule has 44 valence electrons. The summed E-state index contributed by atoms with van der Waals surface area (Å²) in [4.78, 5) is 4.85. The van der Waals surface area contributed by atoms with E-state index >= 15 is 0 Å². The summed E-state index contributed by atoms with van der Waals surface area (Å²) in [7, 11) is 1.64. The van der Waals surface area contributed by atoms with Crippen molar-refractivity contribution in [1.29, 1.82) is 0 Å². The summed E-state index contributed by atoms with van der Waals surface area (Å²) in [6.45, 7) is 0. The second-order valence-corrected chi connectivity index (χ2v) is 1.62. The standard InChI is InChI=1S/C5H7FN2/c1-8-4-2-3-7-5(8)6/h2-5H,1H3. The Bertz CT molecular complexity index is 114. The monoisotopic (exact) mass is 114 g/mol. The molecule has 0 amide bonds. The Balaban J connectivity index is 2.59. The first-order chi connectivity index (χ1) is 3.80. The topological polar surface area (TPSA) is 15.6 Å². The van der Waals surface area contributed by atoms with Crippen LogP contribution in [0.4, 0.5) is 4.39 Å². The van der Waals surface area contributed by atoms with Crippen LogP contribution in [-0.2, 0) is 0 Å². The molecular weight excluding hydrogens is 107 g/mol. The van der Waals surface area contributed by atoms with E-state index in [0.717, 1.165) is 0 Å². The van der Waals surface area contributed by atoms with Crippen LogP contribution in [-0.4, -0.2) is 24.6 Å². The van der Waals surface area contributed by atoms with Crippen molar-refractivity contribution < 1.29 is 4.39 Å². The van der Waals surface area contributed by atoms with Gasteiger partial charge in [0.15, 0.2) is 0 Å². The summed E-state index contributed by atoms with van der Waals surface area (Å²) in [5.74, 6) is 0. The van der Waals surface area contributed by atoms with E-state index in [-0.39, 0.29) is 0 Å². The first-order valence-corrected chi connectivity index (χ1v) is 2.36. The lowest BCUT2D eigenvalue weighted by Gasteiger charge is -2.16. The van der Waals surface area contributed by atoms with Crippen molar-refractivity contribution in [3.05, 3.63) is 12.3 Å². The van der Waals surface area contributed by atoms with E-state index in [1.165, 1.54) is 11.1 Å². The van der Waals surface area contributed by atoms with Gasteiger partial charge in [0.2, 0.25) is 0 Å². The summed E-state index contributed by atoms with van der Waals surface area (Å²) in [5, 5.41) is 0. The van der Waals surface area contributed by atoms with Crippen molar-refractivity contribution in [2.45, 2.75) is 6.42 Å². The molecule has 1 atom stereocenters. The van der Waals surface area contributed by atoms with Crippen LogP contribution >= 0.6 is 0 Å². The Hall–Kier alpha value is -0.860. The van der Waals surface area contributed by atoms with Gasteiger partial charge in [-0.15, -0.1) is 0 Å². The van der Waals surface area contributed by atoms with Gasteiger partial charge in [-0.2, -0.15) is 4.39 Å². The molecule has 3 heteroatoms. The number of alkyl halides is 1. The van der Waals surface area contributed by atoms with E-state index in [2.05, 4.69) is 4.99 Å². The molecular formula is C5H7FN2. The lowest BCUT2D eigenvalue weighted by Crippen LogP contribution is -2.22. The molecule has 0 spiro atoms. The minimum Gasteiger partial charge on any atom is -0.333 e. The van der Waals surface area contributed by atoms with E-state index in [0.29, 0.717) is 0 Å². The second-order valence-electron chi connectivity index (χ2n) is 1.62. The Morgan fingerprint density at radius 3 is 2.88 bits per heavy atom. The number of halogens is 1. The first-order valence-electron chi connectivity index (χ1n) is 2.36. The predicted octanol–water partition coefficient (Wildman–Crippen LogP) is 0.769. The predicted molar refractivity (Wildman–Crippen MR) is 30.3 cm³/mol. The summed E-state index contributed by atoms with van der Waals surface area (Å²) in [6, 6.07) is 0. The molecule has 2 nitrogen and oxygen atoms in total. The SMILES string of the molecule is CN1C=CC=NC1F. The van der Waals surface area contributed by atoms with E-state index < -0.39 is 6.42 Å². The fourth-order valence-corrected chi connectivity index (χ4v) is 0.471. The molecule has 0 aromatic rings. The summed E-state index contributed by atoms with van der Waals surface area (Å²) < 4.78 is 12.3. The van der Waals surface area contributed by atoms with Crippen LogP contribution < -0.4 is 0 Å². The largest absolute Gasteiger partial charge is 0.333 e. The number of hydrogen-bond acceptors (Lipinski definition) is 2. The van der Waals surface area contributed by atoms with Gasteiger partial charge in [-0.3, -0.25) is 0 Å². The molecule has 1 aliphatic heterocycles. The van der Waals surface area contributed by atoms with Gasteiger partial charge in [-0.05, 0) is 6.08 Å². The molecule has 0 saturated heterocycles. The third-order valence-corrected chi connectivity index (χ3v) is 0.952. The molecule has 0 aromatic heterocycles. The zero-order valence-electron chi connectivity index (χ0n) is 4.58.